The van der Waals surface area contributed by atoms with E-state index in [1.165, 1.54) is 5.56 Å². The van der Waals surface area contributed by atoms with Crippen LogP contribution in [-0.4, -0.2) is 24.6 Å². The summed E-state index contributed by atoms with van der Waals surface area (Å²) in [5, 5.41) is 2.84. The molecular weight excluding hydrogens is 340 g/mol. The van der Waals surface area contributed by atoms with Gasteiger partial charge in [-0.05, 0) is 28.8 Å². The highest BCUT2D eigenvalue weighted by molar-refractivity contribution is 5.77. The van der Waals surface area contributed by atoms with Crippen LogP contribution < -0.4 is 14.8 Å². The van der Waals surface area contributed by atoms with E-state index in [1.807, 2.05) is 48.5 Å². The van der Waals surface area contributed by atoms with Crippen LogP contribution in [0.25, 0.3) is 0 Å². The molecule has 1 aromatic heterocycles. The first-order valence-corrected chi connectivity index (χ1v) is 8.75. The minimum absolute atomic E-state index is 0.0337. The van der Waals surface area contributed by atoms with Crippen LogP contribution >= 0.6 is 0 Å². The van der Waals surface area contributed by atoms with Crippen LogP contribution in [-0.2, 0) is 17.8 Å². The Morgan fingerprint density at radius 3 is 2.59 bits per heavy atom. The van der Waals surface area contributed by atoms with Gasteiger partial charge in [-0.2, -0.15) is 0 Å². The Balaban J connectivity index is 1.54. The van der Waals surface area contributed by atoms with Gasteiger partial charge in [-0.3, -0.25) is 4.79 Å². The second kappa shape index (κ2) is 9.38. The van der Waals surface area contributed by atoms with Gasteiger partial charge in [0.1, 0.15) is 5.75 Å². The molecule has 3 aromatic rings. The highest BCUT2D eigenvalue weighted by atomic mass is 16.5. The number of amides is 1. The highest BCUT2D eigenvalue weighted by Gasteiger charge is 2.08. The predicted molar refractivity (Wildman–Crippen MR) is 104 cm³/mol. The molecule has 138 valence electrons. The van der Waals surface area contributed by atoms with E-state index >= 15 is 0 Å². The van der Waals surface area contributed by atoms with E-state index in [2.05, 4.69) is 22.4 Å². The third kappa shape index (κ3) is 5.57. The summed E-state index contributed by atoms with van der Waals surface area (Å²) in [5.41, 5.74) is 3.17. The summed E-state index contributed by atoms with van der Waals surface area (Å²) in [6.45, 7) is 0.362. The summed E-state index contributed by atoms with van der Waals surface area (Å²) >= 11 is 0. The Kier molecular flexibility index (Phi) is 6.41. The minimum Gasteiger partial charge on any atom is -0.483 e. The van der Waals surface area contributed by atoms with E-state index in [0.29, 0.717) is 12.4 Å². The number of nitrogens with zero attached hydrogens (tertiary/aromatic N) is 1. The van der Waals surface area contributed by atoms with Crippen molar-refractivity contribution in [2.75, 3.05) is 13.7 Å². The number of carbonyl (C=O) groups excluding carboxylic acids is 1. The molecule has 2 aromatic carbocycles. The maximum absolute atomic E-state index is 12.1. The third-order valence-electron chi connectivity index (χ3n) is 4.07. The molecular formula is C22H22N2O3. The SMILES string of the molecule is COc1cc(CNC(=O)COc2ccccc2Cc2ccccc2)ccn1. The smallest absolute Gasteiger partial charge is 0.258 e. The topological polar surface area (TPSA) is 60.5 Å². The van der Waals surface area contributed by atoms with Crippen molar-refractivity contribution >= 4 is 5.91 Å². The summed E-state index contributed by atoms with van der Waals surface area (Å²) in [6.07, 6.45) is 2.41. The Morgan fingerprint density at radius 2 is 1.78 bits per heavy atom. The van der Waals surface area contributed by atoms with Crippen molar-refractivity contribution in [3.05, 3.63) is 89.6 Å². The number of aromatic nitrogens is 1. The van der Waals surface area contributed by atoms with Crippen molar-refractivity contribution in [2.24, 2.45) is 0 Å². The number of nitrogens with one attached hydrogen (secondary N) is 1. The Hall–Kier alpha value is -3.34. The summed E-state index contributed by atoms with van der Waals surface area (Å²) in [4.78, 5) is 16.2. The van der Waals surface area contributed by atoms with Gasteiger partial charge in [0.05, 0.1) is 7.11 Å². The molecule has 0 aliphatic heterocycles. The standard InChI is InChI=1S/C22H22N2O3/c1-26-22-14-18(11-12-23-22)15-24-21(25)16-27-20-10-6-5-9-19(20)13-17-7-3-2-4-8-17/h2-12,14H,13,15-16H2,1H3,(H,24,25). The monoisotopic (exact) mass is 362 g/mol. The zero-order valence-corrected chi connectivity index (χ0v) is 15.2. The van der Waals surface area contributed by atoms with Crippen molar-refractivity contribution in [1.29, 1.82) is 0 Å². The van der Waals surface area contributed by atoms with Gasteiger partial charge in [-0.1, -0.05) is 48.5 Å². The summed E-state index contributed by atoms with van der Waals surface area (Å²) in [6, 6.07) is 21.6. The lowest BCUT2D eigenvalue weighted by Crippen LogP contribution is -2.28. The number of hydrogen-bond donors (Lipinski definition) is 1. The molecule has 0 saturated heterocycles. The first-order valence-electron chi connectivity index (χ1n) is 8.75. The highest BCUT2D eigenvalue weighted by Crippen LogP contribution is 2.21. The Labute approximate surface area is 159 Å². The van der Waals surface area contributed by atoms with Crippen molar-refractivity contribution in [3.8, 4) is 11.6 Å². The average molecular weight is 362 g/mol. The summed E-state index contributed by atoms with van der Waals surface area (Å²) < 4.78 is 10.8. The third-order valence-corrected chi connectivity index (χ3v) is 4.07. The number of pyridine rings is 1. The molecule has 0 spiro atoms. The maximum atomic E-state index is 12.1. The number of benzene rings is 2. The van der Waals surface area contributed by atoms with Gasteiger partial charge in [0.15, 0.2) is 6.61 Å². The summed E-state index contributed by atoms with van der Waals surface area (Å²) in [7, 11) is 1.56. The van der Waals surface area contributed by atoms with Crippen molar-refractivity contribution in [3.63, 3.8) is 0 Å². The van der Waals surface area contributed by atoms with Crippen molar-refractivity contribution in [2.45, 2.75) is 13.0 Å². The second-order valence-electron chi connectivity index (χ2n) is 6.04. The minimum atomic E-state index is -0.180. The number of hydrogen-bond acceptors (Lipinski definition) is 4. The van der Waals surface area contributed by atoms with E-state index in [4.69, 9.17) is 9.47 Å². The van der Waals surface area contributed by atoms with Gasteiger partial charge < -0.3 is 14.8 Å². The lowest BCUT2D eigenvalue weighted by molar-refractivity contribution is -0.123. The molecule has 0 aliphatic carbocycles. The molecule has 0 aliphatic rings. The number of para-hydroxylation sites is 1. The van der Waals surface area contributed by atoms with Crippen LogP contribution in [0.5, 0.6) is 11.6 Å². The molecule has 5 nitrogen and oxygen atoms in total. The predicted octanol–water partition coefficient (Wildman–Crippen LogP) is 3.38. The average Bonchev–Trinajstić information content (AvgIpc) is 2.72. The lowest BCUT2D eigenvalue weighted by atomic mass is 10.0. The second-order valence-corrected chi connectivity index (χ2v) is 6.04. The van der Waals surface area contributed by atoms with Crippen molar-refractivity contribution in [1.82, 2.24) is 10.3 Å². The van der Waals surface area contributed by atoms with Crippen LogP contribution in [0.4, 0.5) is 0 Å². The number of rotatable bonds is 8. The molecule has 0 saturated carbocycles. The van der Waals surface area contributed by atoms with E-state index in [9.17, 15) is 4.79 Å². The first kappa shape index (κ1) is 18.5. The molecule has 27 heavy (non-hydrogen) atoms. The number of carbonyl (C=O) groups is 1. The van der Waals surface area contributed by atoms with Gasteiger partial charge in [-0.15, -0.1) is 0 Å². The molecule has 0 atom stereocenters. The molecule has 3 rings (SSSR count). The number of methoxy groups -OCH3 is 1. The molecule has 0 bridgehead atoms. The fraction of sp³-hybridized carbons (Fsp3) is 0.182. The van der Waals surface area contributed by atoms with Gasteiger partial charge >= 0.3 is 0 Å². The maximum Gasteiger partial charge on any atom is 0.258 e. The van der Waals surface area contributed by atoms with Crippen LogP contribution in [0.3, 0.4) is 0 Å². The van der Waals surface area contributed by atoms with E-state index in [1.54, 1.807) is 19.4 Å². The zero-order chi connectivity index (χ0) is 18.9. The van der Waals surface area contributed by atoms with Crippen molar-refractivity contribution < 1.29 is 14.3 Å². The van der Waals surface area contributed by atoms with E-state index in [-0.39, 0.29) is 12.5 Å². The largest absolute Gasteiger partial charge is 0.483 e. The number of ether oxygens (including phenoxy) is 2. The van der Waals surface area contributed by atoms with Crippen LogP contribution in [0.2, 0.25) is 0 Å². The zero-order valence-electron chi connectivity index (χ0n) is 15.2. The van der Waals surface area contributed by atoms with E-state index < -0.39 is 0 Å². The molecule has 5 heteroatoms. The molecule has 0 unspecified atom stereocenters. The molecule has 0 fully saturated rings. The Bertz CT molecular complexity index is 881. The van der Waals surface area contributed by atoms with Crippen LogP contribution in [0, 0.1) is 0 Å². The molecule has 1 heterocycles. The van der Waals surface area contributed by atoms with Gasteiger partial charge in [0.2, 0.25) is 5.88 Å². The van der Waals surface area contributed by atoms with E-state index in [0.717, 1.165) is 23.3 Å². The fourth-order valence-electron chi connectivity index (χ4n) is 2.67. The van der Waals surface area contributed by atoms with Gasteiger partial charge in [0, 0.05) is 25.2 Å². The van der Waals surface area contributed by atoms with Crippen LogP contribution in [0.1, 0.15) is 16.7 Å². The molecule has 1 amide bonds. The first-order chi connectivity index (χ1) is 13.2. The quantitative estimate of drug-likeness (QED) is 0.667. The Morgan fingerprint density at radius 1 is 1.00 bits per heavy atom. The van der Waals surface area contributed by atoms with Crippen LogP contribution in [0.15, 0.2) is 72.9 Å². The fourth-order valence-corrected chi connectivity index (χ4v) is 2.67. The lowest BCUT2D eigenvalue weighted by Gasteiger charge is -2.12. The normalized spacial score (nSPS) is 10.3. The van der Waals surface area contributed by atoms with Gasteiger partial charge in [0.25, 0.3) is 5.91 Å². The summed E-state index contributed by atoms with van der Waals surface area (Å²) in [5.74, 6) is 1.07. The van der Waals surface area contributed by atoms with Gasteiger partial charge in [-0.25, -0.2) is 4.98 Å². The molecule has 0 radical (unpaired) electrons. The molecule has 1 N–H and O–H groups in total.